The molecule has 1 aliphatic heterocycles. The molecule has 1 aromatic carbocycles. The summed E-state index contributed by atoms with van der Waals surface area (Å²) in [6, 6.07) is 7.14. The number of rotatable bonds is 6. The third-order valence-corrected chi connectivity index (χ3v) is 4.92. The first-order valence-electron chi connectivity index (χ1n) is 9.41. The Morgan fingerprint density at radius 1 is 1.04 bits per heavy atom. The summed E-state index contributed by atoms with van der Waals surface area (Å²) in [5.74, 6) is -0.149. The Balaban J connectivity index is 1.51. The molecule has 0 saturated carbocycles. The molecule has 0 aliphatic carbocycles. The molecule has 0 atom stereocenters. The van der Waals surface area contributed by atoms with Crippen LogP contribution in [0.2, 0.25) is 0 Å². The van der Waals surface area contributed by atoms with Crippen molar-refractivity contribution in [2.45, 2.75) is 20.3 Å². The molecule has 28 heavy (non-hydrogen) atoms. The highest BCUT2D eigenvalue weighted by molar-refractivity contribution is 5.94. The van der Waals surface area contributed by atoms with E-state index < -0.39 is 0 Å². The minimum atomic E-state index is -0.0942. The molecule has 1 aliphatic rings. The van der Waals surface area contributed by atoms with Crippen molar-refractivity contribution in [3.05, 3.63) is 41.2 Å². The van der Waals surface area contributed by atoms with Crippen LogP contribution in [0.25, 0.3) is 0 Å². The van der Waals surface area contributed by atoms with Crippen molar-refractivity contribution in [1.82, 2.24) is 14.7 Å². The molecule has 1 fully saturated rings. The van der Waals surface area contributed by atoms with Gasteiger partial charge in [-0.2, -0.15) is 5.10 Å². The highest BCUT2D eigenvalue weighted by Crippen LogP contribution is 2.16. The van der Waals surface area contributed by atoms with Gasteiger partial charge in [-0.15, -0.1) is 0 Å². The van der Waals surface area contributed by atoms with Crippen molar-refractivity contribution in [2.24, 2.45) is 7.05 Å². The summed E-state index contributed by atoms with van der Waals surface area (Å²) in [4.78, 5) is 26.6. The normalized spacial score (nSPS) is 14.7. The van der Waals surface area contributed by atoms with E-state index in [1.54, 1.807) is 28.9 Å². The van der Waals surface area contributed by atoms with Crippen LogP contribution in [-0.4, -0.2) is 59.3 Å². The number of nitrogens with one attached hydrogen (secondary N) is 2. The van der Waals surface area contributed by atoms with Gasteiger partial charge in [0.1, 0.15) is 0 Å². The number of carbonyl (C=O) groups excluding carboxylic acids is 2. The second-order valence-electron chi connectivity index (χ2n) is 7.01. The van der Waals surface area contributed by atoms with E-state index in [0.717, 1.165) is 30.0 Å². The van der Waals surface area contributed by atoms with E-state index in [1.807, 2.05) is 20.9 Å². The van der Waals surface area contributed by atoms with Gasteiger partial charge in [-0.25, -0.2) is 0 Å². The van der Waals surface area contributed by atoms with E-state index >= 15 is 0 Å². The van der Waals surface area contributed by atoms with Crippen molar-refractivity contribution in [2.75, 3.05) is 43.5 Å². The Hall–Kier alpha value is -2.71. The third-order valence-electron chi connectivity index (χ3n) is 4.92. The van der Waals surface area contributed by atoms with Gasteiger partial charge < -0.3 is 15.4 Å². The molecule has 2 heterocycles. The largest absolute Gasteiger partial charge is 0.379 e. The highest BCUT2D eigenvalue weighted by atomic mass is 16.5. The molecule has 3 rings (SSSR count). The van der Waals surface area contributed by atoms with E-state index in [-0.39, 0.29) is 18.2 Å². The zero-order valence-corrected chi connectivity index (χ0v) is 16.6. The summed E-state index contributed by atoms with van der Waals surface area (Å²) in [5.41, 5.74) is 4.21. The molecule has 150 valence electrons. The number of morpholine rings is 1. The maximum Gasteiger partial charge on any atom is 0.238 e. The molecule has 0 unspecified atom stereocenters. The van der Waals surface area contributed by atoms with Crippen LogP contribution in [-0.2, 0) is 27.8 Å². The minimum absolute atomic E-state index is 0.0544. The van der Waals surface area contributed by atoms with Crippen molar-refractivity contribution in [3.8, 4) is 0 Å². The fourth-order valence-corrected chi connectivity index (χ4v) is 3.24. The monoisotopic (exact) mass is 385 g/mol. The number of hydrogen-bond donors (Lipinski definition) is 2. The number of hydrogen-bond acceptors (Lipinski definition) is 5. The molecule has 1 saturated heterocycles. The van der Waals surface area contributed by atoms with Crippen LogP contribution < -0.4 is 10.6 Å². The van der Waals surface area contributed by atoms with Gasteiger partial charge in [0.05, 0.1) is 31.9 Å². The number of ether oxygens (including phenoxy) is 1. The Morgan fingerprint density at radius 3 is 2.14 bits per heavy atom. The lowest BCUT2D eigenvalue weighted by atomic mass is 10.1. The Bertz CT molecular complexity index is 838. The van der Waals surface area contributed by atoms with Gasteiger partial charge in [0.15, 0.2) is 0 Å². The highest BCUT2D eigenvalue weighted by Gasteiger charge is 2.15. The van der Waals surface area contributed by atoms with Gasteiger partial charge in [-0.1, -0.05) is 0 Å². The Labute approximate surface area is 164 Å². The van der Waals surface area contributed by atoms with Crippen LogP contribution in [0.15, 0.2) is 24.3 Å². The van der Waals surface area contributed by atoms with Gasteiger partial charge in [0.25, 0.3) is 0 Å². The van der Waals surface area contributed by atoms with Crippen molar-refractivity contribution in [1.29, 1.82) is 0 Å². The number of aromatic nitrogens is 2. The smallest absolute Gasteiger partial charge is 0.238 e. The van der Waals surface area contributed by atoms with Crippen LogP contribution in [0.3, 0.4) is 0 Å². The van der Waals surface area contributed by atoms with Crippen LogP contribution in [0.1, 0.15) is 17.0 Å². The summed E-state index contributed by atoms with van der Waals surface area (Å²) >= 11 is 0. The molecule has 0 bridgehead atoms. The predicted octanol–water partition coefficient (Wildman–Crippen LogP) is 1.49. The van der Waals surface area contributed by atoms with E-state index in [1.165, 1.54) is 0 Å². The maximum absolute atomic E-state index is 12.3. The third kappa shape index (κ3) is 5.17. The molecule has 0 spiro atoms. The molecular weight excluding hydrogens is 358 g/mol. The standard InChI is InChI=1S/C20H27N5O3/c1-14-18(15(2)24(3)23-14)12-19(26)21-16-4-6-17(7-5-16)22-20(27)13-25-8-10-28-11-9-25/h4-7H,8-13H2,1-3H3,(H,21,26)(H,22,27). The Morgan fingerprint density at radius 2 is 1.61 bits per heavy atom. The number of anilines is 2. The lowest BCUT2D eigenvalue weighted by Gasteiger charge is -2.25. The fraction of sp³-hybridized carbons (Fsp3) is 0.450. The second-order valence-corrected chi connectivity index (χ2v) is 7.01. The van der Waals surface area contributed by atoms with Crippen LogP contribution in [0.5, 0.6) is 0 Å². The summed E-state index contributed by atoms with van der Waals surface area (Å²) in [5, 5.41) is 10.1. The summed E-state index contributed by atoms with van der Waals surface area (Å²) in [6.07, 6.45) is 0.281. The fourth-order valence-electron chi connectivity index (χ4n) is 3.24. The summed E-state index contributed by atoms with van der Waals surface area (Å²) in [7, 11) is 1.87. The lowest BCUT2D eigenvalue weighted by Crippen LogP contribution is -2.41. The number of benzene rings is 1. The SMILES string of the molecule is Cc1nn(C)c(C)c1CC(=O)Nc1ccc(NC(=O)CN2CCOCC2)cc1. The molecule has 2 aromatic rings. The van der Waals surface area contributed by atoms with Crippen LogP contribution in [0.4, 0.5) is 11.4 Å². The first-order valence-corrected chi connectivity index (χ1v) is 9.41. The maximum atomic E-state index is 12.3. The average molecular weight is 385 g/mol. The quantitative estimate of drug-likeness (QED) is 0.787. The van der Waals surface area contributed by atoms with Crippen molar-refractivity contribution < 1.29 is 14.3 Å². The van der Waals surface area contributed by atoms with Gasteiger partial charge in [0.2, 0.25) is 11.8 Å². The van der Waals surface area contributed by atoms with Crippen molar-refractivity contribution in [3.63, 3.8) is 0 Å². The van der Waals surface area contributed by atoms with Gasteiger partial charge in [0, 0.05) is 42.8 Å². The molecule has 2 N–H and O–H groups in total. The van der Waals surface area contributed by atoms with Gasteiger partial charge >= 0.3 is 0 Å². The van der Waals surface area contributed by atoms with Crippen LogP contribution in [0, 0.1) is 13.8 Å². The van der Waals surface area contributed by atoms with Gasteiger partial charge in [-0.05, 0) is 38.1 Å². The van der Waals surface area contributed by atoms with E-state index in [0.29, 0.717) is 31.1 Å². The van der Waals surface area contributed by atoms with E-state index in [2.05, 4.69) is 20.6 Å². The van der Waals surface area contributed by atoms with E-state index in [9.17, 15) is 9.59 Å². The van der Waals surface area contributed by atoms with Crippen LogP contribution >= 0.6 is 0 Å². The Kier molecular flexibility index (Phi) is 6.43. The van der Waals surface area contributed by atoms with Crippen molar-refractivity contribution >= 4 is 23.2 Å². The molecular formula is C20H27N5O3. The first kappa shape index (κ1) is 20.0. The van der Waals surface area contributed by atoms with Gasteiger partial charge in [-0.3, -0.25) is 19.2 Å². The number of amides is 2. The first-order chi connectivity index (χ1) is 13.4. The average Bonchev–Trinajstić information content (AvgIpc) is 2.90. The molecule has 0 radical (unpaired) electrons. The zero-order chi connectivity index (χ0) is 20.1. The molecule has 2 amide bonds. The predicted molar refractivity (Wildman–Crippen MR) is 107 cm³/mol. The van der Waals surface area contributed by atoms with E-state index in [4.69, 9.17) is 4.74 Å². The number of aryl methyl sites for hydroxylation is 2. The second kappa shape index (κ2) is 8.99. The number of carbonyl (C=O) groups is 2. The number of nitrogens with zero attached hydrogens (tertiary/aromatic N) is 3. The zero-order valence-electron chi connectivity index (χ0n) is 16.6. The molecule has 1 aromatic heterocycles. The minimum Gasteiger partial charge on any atom is -0.379 e. The lowest BCUT2D eigenvalue weighted by molar-refractivity contribution is -0.118. The topological polar surface area (TPSA) is 88.5 Å². The molecule has 8 heteroatoms. The summed E-state index contributed by atoms with van der Waals surface area (Å²) < 4.78 is 7.07. The molecule has 8 nitrogen and oxygen atoms in total. The summed E-state index contributed by atoms with van der Waals surface area (Å²) in [6.45, 7) is 7.09.